The fraction of sp³-hybridized carbons (Fsp3) is 0.0526. The Balaban J connectivity index is 1.85. The van der Waals surface area contributed by atoms with Gasteiger partial charge >= 0.3 is 5.97 Å². The van der Waals surface area contributed by atoms with Gasteiger partial charge in [-0.3, -0.25) is 0 Å². The molecule has 0 fully saturated rings. The van der Waals surface area contributed by atoms with E-state index in [-0.39, 0.29) is 11.6 Å². The molecule has 0 aromatic heterocycles. The lowest BCUT2D eigenvalue weighted by Gasteiger charge is -2.02. The van der Waals surface area contributed by atoms with Gasteiger partial charge in [-0.1, -0.05) is 47.5 Å². The van der Waals surface area contributed by atoms with Crippen LogP contribution < -0.4 is 4.74 Å². The van der Waals surface area contributed by atoms with E-state index < -0.39 is 5.97 Å². The topological polar surface area (TPSA) is 47.9 Å². The predicted octanol–water partition coefficient (Wildman–Crippen LogP) is 5.01. The Morgan fingerprint density at radius 3 is 2.64 bits per heavy atom. The molecule has 126 valence electrons. The summed E-state index contributed by atoms with van der Waals surface area (Å²) in [6, 6.07) is 12.5. The van der Waals surface area contributed by atoms with E-state index in [0.717, 1.165) is 5.56 Å². The molecule has 2 aromatic carbocycles. The van der Waals surface area contributed by atoms with Crippen molar-refractivity contribution in [1.29, 1.82) is 0 Å². The number of ether oxygens (including phenoxy) is 2. The number of esters is 1. The van der Waals surface area contributed by atoms with E-state index in [9.17, 15) is 4.79 Å². The number of hydrogen-bond acceptors (Lipinski definition) is 4. The molecule has 25 heavy (non-hydrogen) atoms. The van der Waals surface area contributed by atoms with Gasteiger partial charge in [-0.15, -0.1) is 0 Å². The SMILES string of the molecule is COc1ccccc1/C=C/C1=NC(=Cc2ccc(Cl)cc2Cl)C(=O)O1. The minimum absolute atomic E-state index is 0.170. The van der Waals surface area contributed by atoms with Crippen LogP contribution in [-0.4, -0.2) is 19.0 Å². The normalized spacial score (nSPS) is 15.6. The number of nitrogens with zero attached hydrogens (tertiary/aromatic N) is 1. The molecule has 1 heterocycles. The van der Waals surface area contributed by atoms with Crippen LogP contribution in [0.2, 0.25) is 10.0 Å². The first-order chi connectivity index (χ1) is 12.1. The zero-order chi connectivity index (χ0) is 17.8. The van der Waals surface area contributed by atoms with Crippen molar-refractivity contribution in [2.45, 2.75) is 0 Å². The predicted molar refractivity (Wildman–Crippen MR) is 100.0 cm³/mol. The molecule has 0 aliphatic carbocycles. The summed E-state index contributed by atoms with van der Waals surface area (Å²) in [5.41, 5.74) is 1.66. The van der Waals surface area contributed by atoms with E-state index in [0.29, 0.717) is 21.4 Å². The number of benzene rings is 2. The number of halogens is 2. The summed E-state index contributed by atoms with van der Waals surface area (Å²) in [6.07, 6.45) is 4.94. The summed E-state index contributed by atoms with van der Waals surface area (Å²) in [5.74, 6) is 0.380. The van der Waals surface area contributed by atoms with Crippen LogP contribution in [0.25, 0.3) is 12.2 Å². The zero-order valence-electron chi connectivity index (χ0n) is 13.2. The highest BCUT2D eigenvalue weighted by Gasteiger charge is 2.21. The van der Waals surface area contributed by atoms with E-state index in [1.165, 1.54) is 0 Å². The van der Waals surface area contributed by atoms with E-state index in [1.54, 1.807) is 43.5 Å². The molecule has 6 heteroatoms. The summed E-state index contributed by atoms with van der Waals surface area (Å²) < 4.78 is 10.4. The first kappa shape index (κ1) is 17.3. The number of cyclic esters (lactones) is 1. The van der Waals surface area contributed by atoms with Crippen LogP contribution >= 0.6 is 23.2 Å². The minimum atomic E-state index is -0.536. The summed E-state index contributed by atoms with van der Waals surface area (Å²) in [4.78, 5) is 16.2. The lowest BCUT2D eigenvalue weighted by molar-refractivity contribution is -0.129. The number of carbonyl (C=O) groups excluding carboxylic acids is 1. The van der Waals surface area contributed by atoms with Gasteiger partial charge in [0.05, 0.1) is 7.11 Å². The fourth-order valence-electron chi connectivity index (χ4n) is 2.23. The Bertz CT molecular complexity index is 917. The van der Waals surface area contributed by atoms with Gasteiger partial charge in [-0.25, -0.2) is 9.79 Å². The van der Waals surface area contributed by atoms with Crippen molar-refractivity contribution in [2.24, 2.45) is 4.99 Å². The molecule has 1 aliphatic heterocycles. The standard InChI is InChI=1S/C19H13Cl2NO3/c1-24-17-5-3-2-4-12(17)7-9-18-22-16(19(23)25-18)10-13-6-8-14(20)11-15(13)21/h2-11H,1H3/b9-7+,16-10?. The quantitative estimate of drug-likeness (QED) is 0.558. The number of rotatable bonds is 4. The maximum atomic E-state index is 12.0. The number of methoxy groups -OCH3 is 1. The molecule has 0 amide bonds. The van der Waals surface area contributed by atoms with Crippen molar-refractivity contribution in [1.82, 2.24) is 0 Å². The van der Waals surface area contributed by atoms with Crippen molar-refractivity contribution in [3.63, 3.8) is 0 Å². The Morgan fingerprint density at radius 2 is 1.88 bits per heavy atom. The third-order valence-corrected chi connectivity index (χ3v) is 4.00. The van der Waals surface area contributed by atoms with Gasteiger partial charge in [-0.2, -0.15) is 0 Å². The van der Waals surface area contributed by atoms with Gasteiger partial charge in [-0.05, 0) is 35.9 Å². The Labute approximate surface area is 155 Å². The summed E-state index contributed by atoms with van der Waals surface area (Å²) in [5, 5.41) is 0.950. The molecule has 2 aromatic rings. The average Bonchev–Trinajstić information content (AvgIpc) is 2.95. The van der Waals surface area contributed by atoms with Crippen LogP contribution in [0.5, 0.6) is 5.75 Å². The highest BCUT2D eigenvalue weighted by atomic mass is 35.5. The van der Waals surface area contributed by atoms with Gasteiger partial charge < -0.3 is 9.47 Å². The Morgan fingerprint density at radius 1 is 1.08 bits per heavy atom. The van der Waals surface area contributed by atoms with E-state index in [2.05, 4.69) is 4.99 Å². The first-order valence-corrected chi connectivity index (χ1v) is 8.11. The first-order valence-electron chi connectivity index (χ1n) is 7.35. The average molecular weight is 374 g/mol. The largest absolute Gasteiger partial charge is 0.496 e. The second-order valence-corrected chi connectivity index (χ2v) is 5.95. The minimum Gasteiger partial charge on any atom is -0.496 e. The Kier molecular flexibility index (Phi) is 5.22. The molecule has 0 unspecified atom stereocenters. The molecule has 0 radical (unpaired) electrons. The second kappa shape index (κ2) is 7.55. The zero-order valence-corrected chi connectivity index (χ0v) is 14.7. The van der Waals surface area contributed by atoms with Crippen LogP contribution in [0.15, 0.2) is 59.2 Å². The molecule has 3 rings (SSSR count). The summed E-state index contributed by atoms with van der Waals surface area (Å²) in [7, 11) is 1.59. The summed E-state index contributed by atoms with van der Waals surface area (Å²) >= 11 is 12.0. The van der Waals surface area contributed by atoms with Gasteiger partial charge in [0.2, 0.25) is 5.90 Å². The van der Waals surface area contributed by atoms with Crippen molar-refractivity contribution in [2.75, 3.05) is 7.11 Å². The van der Waals surface area contributed by atoms with Crippen LogP contribution in [-0.2, 0) is 9.53 Å². The molecular formula is C19H13Cl2NO3. The third-order valence-electron chi connectivity index (χ3n) is 3.44. The van der Waals surface area contributed by atoms with Crippen molar-refractivity contribution < 1.29 is 14.3 Å². The number of carbonyl (C=O) groups is 1. The van der Waals surface area contributed by atoms with Crippen LogP contribution in [0.3, 0.4) is 0 Å². The van der Waals surface area contributed by atoms with Crippen LogP contribution in [0, 0.1) is 0 Å². The highest BCUT2D eigenvalue weighted by Crippen LogP contribution is 2.25. The Hall–Kier alpha value is -2.56. The highest BCUT2D eigenvalue weighted by molar-refractivity contribution is 6.35. The number of hydrogen-bond donors (Lipinski definition) is 0. The lowest BCUT2D eigenvalue weighted by atomic mass is 10.2. The van der Waals surface area contributed by atoms with E-state index in [1.807, 2.05) is 24.3 Å². The maximum absolute atomic E-state index is 12.0. The maximum Gasteiger partial charge on any atom is 0.363 e. The molecule has 4 nitrogen and oxygen atoms in total. The molecule has 0 bridgehead atoms. The van der Waals surface area contributed by atoms with Crippen molar-refractivity contribution in [3.8, 4) is 5.75 Å². The molecule has 0 atom stereocenters. The van der Waals surface area contributed by atoms with Gasteiger partial charge in [0.15, 0.2) is 5.70 Å². The van der Waals surface area contributed by atoms with Crippen LogP contribution in [0.1, 0.15) is 11.1 Å². The lowest BCUT2D eigenvalue weighted by Crippen LogP contribution is -2.01. The molecule has 1 aliphatic rings. The monoisotopic (exact) mass is 373 g/mol. The smallest absolute Gasteiger partial charge is 0.363 e. The fourth-order valence-corrected chi connectivity index (χ4v) is 2.69. The van der Waals surface area contributed by atoms with Gasteiger partial charge in [0.1, 0.15) is 5.75 Å². The number of aliphatic imine (C=N–C) groups is 1. The molecule has 0 saturated carbocycles. The molecule has 0 saturated heterocycles. The second-order valence-electron chi connectivity index (χ2n) is 5.11. The van der Waals surface area contributed by atoms with Crippen LogP contribution in [0.4, 0.5) is 0 Å². The van der Waals surface area contributed by atoms with E-state index in [4.69, 9.17) is 32.7 Å². The van der Waals surface area contributed by atoms with Crippen molar-refractivity contribution >= 4 is 47.2 Å². The molecule has 0 N–H and O–H groups in total. The van der Waals surface area contributed by atoms with Gasteiger partial charge in [0, 0.05) is 21.7 Å². The van der Waals surface area contributed by atoms with Gasteiger partial charge in [0.25, 0.3) is 0 Å². The molecule has 0 spiro atoms. The number of para-hydroxylation sites is 1. The van der Waals surface area contributed by atoms with Crippen molar-refractivity contribution in [3.05, 3.63) is 75.4 Å². The third kappa shape index (κ3) is 4.10. The summed E-state index contributed by atoms with van der Waals surface area (Å²) in [6.45, 7) is 0. The molecular weight excluding hydrogens is 361 g/mol. The van der Waals surface area contributed by atoms with E-state index >= 15 is 0 Å².